The first-order valence-corrected chi connectivity index (χ1v) is 6.36. The zero-order valence-electron chi connectivity index (χ0n) is 11.2. The van der Waals surface area contributed by atoms with Gasteiger partial charge in [-0.25, -0.2) is 8.78 Å². The molecule has 0 radical (unpaired) electrons. The predicted octanol–water partition coefficient (Wildman–Crippen LogP) is 3.57. The van der Waals surface area contributed by atoms with Crippen molar-refractivity contribution in [3.8, 4) is 6.07 Å². The van der Waals surface area contributed by atoms with Crippen molar-refractivity contribution in [3.63, 3.8) is 0 Å². The lowest BCUT2D eigenvalue weighted by Gasteiger charge is -2.04. The molecule has 1 heterocycles. The van der Waals surface area contributed by atoms with Crippen LogP contribution in [0.2, 0.25) is 0 Å². The van der Waals surface area contributed by atoms with E-state index < -0.39 is 17.5 Å². The van der Waals surface area contributed by atoms with Crippen LogP contribution in [0.15, 0.2) is 42.6 Å². The lowest BCUT2D eigenvalue weighted by Crippen LogP contribution is -2.11. The minimum Gasteiger partial charge on any atom is -0.359 e. The molecule has 22 heavy (non-hydrogen) atoms. The molecule has 0 saturated heterocycles. The molecule has 108 valence electrons. The summed E-state index contributed by atoms with van der Waals surface area (Å²) in [4.78, 5) is 14.9. The second-order valence-corrected chi connectivity index (χ2v) is 4.66. The second-order valence-electron chi connectivity index (χ2n) is 4.66. The van der Waals surface area contributed by atoms with Gasteiger partial charge in [0.05, 0.1) is 22.8 Å². The highest BCUT2D eigenvalue weighted by atomic mass is 19.2. The number of aromatic nitrogens is 1. The van der Waals surface area contributed by atoms with Gasteiger partial charge < -0.3 is 10.3 Å². The Balaban J connectivity index is 1.90. The lowest BCUT2D eigenvalue weighted by molar-refractivity contribution is 0.102. The standard InChI is InChI=1S/C16H9F2N3O/c17-12-5-11-14(6-13(12)18)20-8-15(11)21-16(22)10-3-1-9(7-19)2-4-10/h1-6,8,20H,(H,21,22). The van der Waals surface area contributed by atoms with Crippen LogP contribution in [0.5, 0.6) is 0 Å². The summed E-state index contributed by atoms with van der Waals surface area (Å²) in [6.07, 6.45) is 1.46. The van der Waals surface area contributed by atoms with Crippen LogP contribution in [-0.2, 0) is 0 Å². The Morgan fingerprint density at radius 3 is 2.50 bits per heavy atom. The molecule has 0 saturated carbocycles. The topological polar surface area (TPSA) is 68.7 Å². The highest BCUT2D eigenvalue weighted by Gasteiger charge is 2.12. The summed E-state index contributed by atoms with van der Waals surface area (Å²) in [5, 5.41) is 11.7. The van der Waals surface area contributed by atoms with Gasteiger partial charge in [-0.15, -0.1) is 0 Å². The van der Waals surface area contributed by atoms with E-state index in [0.717, 1.165) is 12.1 Å². The number of nitriles is 1. The number of carbonyl (C=O) groups excluding carboxylic acids is 1. The Bertz CT molecular complexity index is 908. The molecular formula is C16H9F2N3O. The van der Waals surface area contributed by atoms with Crippen LogP contribution < -0.4 is 5.32 Å². The van der Waals surface area contributed by atoms with E-state index in [1.165, 1.54) is 30.5 Å². The molecule has 0 bridgehead atoms. The summed E-state index contributed by atoms with van der Waals surface area (Å²) in [6.45, 7) is 0. The van der Waals surface area contributed by atoms with Crippen molar-refractivity contribution in [2.75, 3.05) is 5.32 Å². The van der Waals surface area contributed by atoms with E-state index in [4.69, 9.17) is 5.26 Å². The summed E-state index contributed by atoms with van der Waals surface area (Å²) < 4.78 is 26.5. The first kappa shape index (κ1) is 13.8. The predicted molar refractivity (Wildman–Crippen MR) is 77.3 cm³/mol. The van der Waals surface area contributed by atoms with E-state index in [-0.39, 0.29) is 0 Å². The van der Waals surface area contributed by atoms with Gasteiger partial charge in [-0.1, -0.05) is 0 Å². The molecule has 3 aromatic rings. The molecule has 6 heteroatoms. The largest absolute Gasteiger partial charge is 0.359 e. The summed E-state index contributed by atoms with van der Waals surface area (Å²) in [5.41, 5.74) is 1.54. The second kappa shape index (κ2) is 5.30. The van der Waals surface area contributed by atoms with Gasteiger partial charge in [0, 0.05) is 23.2 Å². The third-order valence-corrected chi connectivity index (χ3v) is 3.25. The summed E-state index contributed by atoms with van der Waals surface area (Å²) in [5.74, 6) is -2.35. The Labute approximate surface area is 124 Å². The normalized spacial score (nSPS) is 10.4. The highest BCUT2D eigenvalue weighted by molar-refractivity contribution is 6.09. The minimum atomic E-state index is -0.985. The highest BCUT2D eigenvalue weighted by Crippen LogP contribution is 2.26. The van der Waals surface area contributed by atoms with E-state index in [9.17, 15) is 13.6 Å². The molecule has 0 spiro atoms. The zero-order chi connectivity index (χ0) is 15.7. The summed E-state index contributed by atoms with van der Waals surface area (Å²) in [6, 6.07) is 10.1. The van der Waals surface area contributed by atoms with Gasteiger partial charge in [0.1, 0.15) is 0 Å². The van der Waals surface area contributed by atoms with Crippen LogP contribution in [0, 0.1) is 23.0 Å². The monoisotopic (exact) mass is 297 g/mol. The van der Waals surface area contributed by atoms with Crippen LogP contribution in [0.4, 0.5) is 14.5 Å². The average molecular weight is 297 g/mol. The van der Waals surface area contributed by atoms with E-state index >= 15 is 0 Å². The Hall–Kier alpha value is -3.20. The first-order chi connectivity index (χ1) is 10.6. The van der Waals surface area contributed by atoms with Crippen LogP contribution in [0.3, 0.4) is 0 Å². The van der Waals surface area contributed by atoms with Crippen LogP contribution >= 0.6 is 0 Å². The van der Waals surface area contributed by atoms with Crippen LogP contribution in [-0.4, -0.2) is 10.9 Å². The molecule has 3 rings (SSSR count). The zero-order valence-corrected chi connectivity index (χ0v) is 11.2. The van der Waals surface area contributed by atoms with Crippen molar-refractivity contribution in [3.05, 3.63) is 65.4 Å². The SMILES string of the molecule is N#Cc1ccc(C(=O)Nc2c[nH]c3cc(F)c(F)cc23)cc1. The lowest BCUT2D eigenvalue weighted by atomic mass is 10.1. The van der Waals surface area contributed by atoms with Crippen molar-refractivity contribution < 1.29 is 13.6 Å². The van der Waals surface area contributed by atoms with E-state index in [0.29, 0.717) is 27.7 Å². The van der Waals surface area contributed by atoms with Gasteiger partial charge in [0.2, 0.25) is 0 Å². The number of nitrogens with zero attached hydrogens (tertiary/aromatic N) is 1. The maximum absolute atomic E-state index is 13.3. The smallest absolute Gasteiger partial charge is 0.255 e. The molecule has 4 nitrogen and oxygen atoms in total. The number of hydrogen-bond acceptors (Lipinski definition) is 2. The molecule has 0 atom stereocenters. The van der Waals surface area contributed by atoms with Crippen molar-refractivity contribution in [1.29, 1.82) is 5.26 Å². The number of rotatable bonds is 2. The number of fused-ring (bicyclic) bond motifs is 1. The van der Waals surface area contributed by atoms with Crippen molar-refractivity contribution in [2.24, 2.45) is 0 Å². The average Bonchev–Trinajstić information content (AvgIpc) is 2.90. The number of anilines is 1. The number of halogens is 2. The molecule has 0 aliphatic rings. The number of benzene rings is 2. The fourth-order valence-corrected chi connectivity index (χ4v) is 2.11. The van der Waals surface area contributed by atoms with Gasteiger partial charge in [0.25, 0.3) is 5.91 Å². The molecule has 1 aromatic heterocycles. The molecule has 2 N–H and O–H groups in total. The molecule has 1 amide bonds. The maximum Gasteiger partial charge on any atom is 0.255 e. The Morgan fingerprint density at radius 1 is 1.14 bits per heavy atom. The van der Waals surface area contributed by atoms with Gasteiger partial charge in [-0.3, -0.25) is 4.79 Å². The number of nitrogens with one attached hydrogen (secondary N) is 2. The maximum atomic E-state index is 13.3. The number of amides is 1. The van der Waals surface area contributed by atoms with Crippen molar-refractivity contribution >= 4 is 22.5 Å². The van der Waals surface area contributed by atoms with Crippen molar-refractivity contribution in [2.45, 2.75) is 0 Å². The number of carbonyl (C=O) groups is 1. The van der Waals surface area contributed by atoms with Gasteiger partial charge >= 0.3 is 0 Å². The molecular weight excluding hydrogens is 288 g/mol. The Kier molecular flexibility index (Phi) is 3.31. The summed E-state index contributed by atoms with van der Waals surface area (Å²) in [7, 11) is 0. The Morgan fingerprint density at radius 2 is 1.82 bits per heavy atom. The molecule has 0 fully saturated rings. The third kappa shape index (κ3) is 2.40. The van der Waals surface area contributed by atoms with Crippen LogP contribution in [0.25, 0.3) is 10.9 Å². The molecule has 0 aliphatic heterocycles. The van der Waals surface area contributed by atoms with Crippen LogP contribution in [0.1, 0.15) is 15.9 Å². The minimum absolute atomic E-state index is 0.350. The molecule has 2 aromatic carbocycles. The first-order valence-electron chi connectivity index (χ1n) is 6.36. The van der Waals surface area contributed by atoms with E-state index in [1.54, 1.807) is 0 Å². The number of H-pyrrole nitrogens is 1. The summed E-state index contributed by atoms with van der Waals surface area (Å²) >= 11 is 0. The van der Waals surface area contributed by atoms with Gasteiger partial charge in [-0.2, -0.15) is 5.26 Å². The van der Waals surface area contributed by atoms with E-state index in [1.807, 2.05) is 6.07 Å². The van der Waals surface area contributed by atoms with Crippen molar-refractivity contribution in [1.82, 2.24) is 4.98 Å². The quantitative estimate of drug-likeness (QED) is 0.759. The van der Waals surface area contributed by atoms with Gasteiger partial charge in [0.15, 0.2) is 11.6 Å². The molecule has 0 aliphatic carbocycles. The van der Waals surface area contributed by atoms with E-state index in [2.05, 4.69) is 10.3 Å². The molecule has 0 unspecified atom stereocenters. The fourth-order valence-electron chi connectivity index (χ4n) is 2.11. The fraction of sp³-hybridized carbons (Fsp3) is 0. The van der Waals surface area contributed by atoms with Gasteiger partial charge in [-0.05, 0) is 30.3 Å². The third-order valence-electron chi connectivity index (χ3n) is 3.25. The number of hydrogen-bond donors (Lipinski definition) is 2. The number of aromatic amines is 1.